The van der Waals surface area contributed by atoms with E-state index in [0.29, 0.717) is 19.1 Å². The van der Waals surface area contributed by atoms with E-state index in [1.54, 1.807) is 11.0 Å². The second-order valence-electron chi connectivity index (χ2n) is 6.23. The van der Waals surface area contributed by atoms with Crippen molar-refractivity contribution in [3.63, 3.8) is 0 Å². The Morgan fingerprint density at radius 3 is 2.74 bits per heavy atom. The van der Waals surface area contributed by atoms with Crippen LogP contribution < -0.4 is 4.74 Å². The smallest absolute Gasteiger partial charge is 0.137 e. The van der Waals surface area contributed by atoms with Crippen molar-refractivity contribution < 1.29 is 4.74 Å². The van der Waals surface area contributed by atoms with E-state index in [-0.39, 0.29) is 0 Å². The van der Waals surface area contributed by atoms with Gasteiger partial charge in [0.05, 0.1) is 19.2 Å². The number of hydrogen-bond donors (Lipinski definition) is 0. The molecular formula is C18H24N4O. The zero-order valence-electron chi connectivity index (χ0n) is 14.1. The van der Waals surface area contributed by atoms with Gasteiger partial charge < -0.3 is 4.74 Å². The first-order valence-corrected chi connectivity index (χ1v) is 8.07. The summed E-state index contributed by atoms with van der Waals surface area (Å²) in [5.74, 6) is 1.16. The zero-order valence-corrected chi connectivity index (χ0v) is 14.1. The molecule has 1 unspecified atom stereocenters. The molecule has 0 aliphatic carbocycles. The van der Waals surface area contributed by atoms with E-state index < -0.39 is 5.41 Å². The van der Waals surface area contributed by atoms with Crippen LogP contribution in [0.25, 0.3) is 0 Å². The van der Waals surface area contributed by atoms with Crippen LogP contribution in [-0.2, 0) is 12.0 Å². The van der Waals surface area contributed by atoms with Crippen LogP contribution in [0.5, 0.6) is 5.75 Å². The summed E-state index contributed by atoms with van der Waals surface area (Å²) in [6.07, 6.45) is 4.82. The first kappa shape index (κ1) is 17.0. The second kappa shape index (κ2) is 7.77. The average molecular weight is 312 g/mol. The number of rotatable bonds is 8. The van der Waals surface area contributed by atoms with Crippen molar-refractivity contribution in [1.82, 2.24) is 14.8 Å². The van der Waals surface area contributed by atoms with E-state index in [4.69, 9.17) is 4.74 Å². The van der Waals surface area contributed by atoms with E-state index in [0.717, 1.165) is 24.2 Å². The maximum Gasteiger partial charge on any atom is 0.137 e. The van der Waals surface area contributed by atoms with E-state index in [2.05, 4.69) is 36.9 Å². The highest BCUT2D eigenvalue weighted by atomic mass is 16.5. The molecule has 0 amide bonds. The maximum absolute atomic E-state index is 10.1. The molecule has 0 N–H and O–H groups in total. The number of aromatic nitrogens is 3. The first-order valence-electron chi connectivity index (χ1n) is 8.07. The Bertz CT molecular complexity index is 645. The highest BCUT2D eigenvalue weighted by Gasteiger charge is 2.36. The normalized spacial score (nSPS) is 13.5. The molecule has 122 valence electrons. The predicted octanol–water partition coefficient (Wildman–Crippen LogP) is 3.57. The Kier molecular flexibility index (Phi) is 5.75. The summed E-state index contributed by atoms with van der Waals surface area (Å²) in [6.45, 7) is 7.44. The van der Waals surface area contributed by atoms with Gasteiger partial charge in [-0.3, -0.25) is 4.68 Å². The Balaban J connectivity index is 2.46. The lowest BCUT2D eigenvalue weighted by molar-refractivity contribution is 0.293. The second-order valence-corrected chi connectivity index (χ2v) is 6.23. The lowest BCUT2D eigenvalue weighted by Gasteiger charge is -2.30. The van der Waals surface area contributed by atoms with Gasteiger partial charge in [-0.15, -0.1) is 0 Å². The van der Waals surface area contributed by atoms with Crippen molar-refractivity contribution in [2.24, 2.45) is 5.92 Å². The largest absolute Gasteiger partial charge is 0.493 e. The summed E-state index contributed by atoms with van der Waals surface area (Å²) in [4.78, 5) is 4.00. The van der Waals surface area contributed by atoms with Crippen LogP contribution in [0.15, 0.2) is 36.9 Å². The molecule has 0 bridgehead atoms. The van der Waals surface area contributed by atoms with Crippen LogP contribution in [0, 0.1) is 17.2 Å². The third kappa shape index (κ3) is 4.10. The monoisotopic (exact) mass is 312 g/mol. The summed E-state index contributed by atoms with van der Waals surface area (Å²) in [5, 5.41) is 14.2. The highest BCUT2D eigenvalue weighted by molar-refractivity contribution is 5.43. The van der Waals surface area contributed by atoms with E-state index in [1.165, 1.54) is 6.33 Å². The number of hydrogen-bond acceptors (Lipinski definition) is 4. The number of nitriles is 1. The van der Waals surface area contributed by atoms with Crippen molar-refractivity contribution in [3.05, 3.63) is 42.5 Å². The molecule has 0 aliphatic rings. The van der Waals surface area contributed by atoms with E-state index in [1.807, 2.05) is 24.3 Å². The van der Waals surface area contributed by atoms with Crippen LogP contribution >= 0.6 is 0 Å². The molecule has 0 radical (unpaired) electrons. The molecule has 1 atom stereocenters. The Morgan fingerprint density at radius 1 is 1.35 bits per heavy atom. The first-order chi connectivity index (χ1) is 11.1. The Morgan fingerprint density at radius 2 is 2.13 bits per heavy atom. The molecule has 1 aromatic heterocycles. The van der Waals surface area contributed by atoms with Gasteiger partial charge in [0.25, 0.3) is 0 Å². The summed E-state index contributed by atoms with van der Waals surface area (Å²) >= 11 is 0. The Hall–Kier alpha value is -2.35. The lowest BCUT2D eigenvalue weighted by atomic mass is 9.75. The third-order valence-corrected chi connectivity index (χ3v) is 3.73. The van der Waals surface area contributed by atoms with Gasteiger partial charge >= 0.3 is 0 Å². The summed E-state index contributed by atoms with van der Waals surface area (Å²) in [5.41, 5.74) is 0.242. The quantitative estimate of drug-likeness (QED) is 0.747. The summed E-state index contributed by atoms with van der Waals surface area (Å²) in [7, 11) is 0. The summed E-state index contributed by atoms with van der Waals surface area (Å²) in [6, 6.07) is 10.4. The van der Waals surface area contributed by atoms with E-state index in [9.17, 15) is 5.26 Å². The molecule has 23 heavy (non-hydrogen) atoms. The number of benzene rings is 1. The van der Waals surface area contributed by atoms with Crippen molar-refractivity contribution in [2.75, 3.05) is 6.61 Å². The molecule has 5 heteroatoms. The molecule has 0 spiro atoms. The van der Waals surface area contributed by atoms with Crippen LogP contribution in [0.3, 0.4) is 0 Å². The molecule has 0 saturated carbocycles. The molecule has 1 aromatic carbocycles. The SMILES string of the molecule is CCCOc1ccccc1C(C#N)(CC(C)C)Cn1cncn1. The van der Waals surface area contributed by atoms with Gasteiger partial charge in [-0.2, -0.15) is 10.4 Å². The molecular weight excluding hydrogens is 288 g/mol. The molecule has 0 saturated heterocycles. The van der Waals surface area contributed by atoms with Gasteiger partial charge in [0.15, 0.2) is 0 Å². The van der Waals surface area contributed by atoms with Gasteiger partial charge in [-0.25, -0.2) is 4.98 Å². The van der Waals surface area contributed by atoms with Gasteiger partial charge in [0, 0.05) is 5.56 Å². The fourth-order valence-corrected chi connectivity index (χ4v) is 2.89. The molecule has 1 heterocycles. The van der Waals surface area contributed by atoms with Crippen LogP contribution in [0.2, 0.25) is 0 Å². The van der Waals surface area contributed by atoms with Crippen molar-refractivity contribution in [1.29, 1.82) is 5.26 Å². The van der Waals surface area contributed by atoms with Gasteiger partial charge in [0.2, 0.25) is 0 Å². The minimum atomic E-state index is -0.688. The lowest BCUT2D eigenvalue weighted by Crippen LogP contribution is -2.32. The zero-order chi connectivity index (χ0) is 16.7. The average Bonchev–Trinajstić information content (AvgIpc) is 3.05. The highest BCUT2D eigenvalue weighted by Crippen LogP contribution is 2.38. The van der Waals surface area contributed by atoms with Crippen molar-refractivity contribution >= 4 is 0 Å². The molecule has 2 rings (SSSR count). The van der Waals surface area contributed by atoms with Crippen LogP contribution in [-0.4, -0.2) is 21.4 Å². The van der Waals surface area contributed by atoms with Gasteiger partial charge in [0.1, 0.15) is 23.8 Å². The Labute approximate surface area is 137 Å². The molecule has 2 aromatic rings. The number of para-hydroxylation sites is 1. The number of ether oxygens (including phenoxy) is 1. The van der Waals surface area contributed by atoms with Crippen molar-refractivity contribution in [2.45, 2.75) is 45.6 Å². The molecule has 0 fully saturated rings. The molecule has 5 nitrogen and oxygen atoms in total. The minimum Gasteiger partial charge on any atom is -0.493 e. The standard InChI is InChI=1S/C18H24N4O/c1-4-9-23-17-8-6-5-7-16(17)18(11-19,10-15(2)3)12-22-14-20-13-21-22/h5-8,13-15H,4,9-10,12H2,1-3H3. The van der Waals surface area contributed by atoms with Gasteiger partial charge in [-0.05, 0) is 24.8 Å². The topological polar surface area (TPSA) is 63.7 Å². The van der Waals surface area contributed by atoms with Crippen LogP contribution in [0.1, 0.15) is 39.2 Å². The van der Waals surface area contributed by atoms with Crippen molar-refractivity contribution in [3.8, 4) is 11.8 Å². The summed E-state index contributed by atoms with van der Waals surface area (Å²) < 4.78 is 7.62. The van der Waals surface area contributed by atoms with Crippen LogP contribution in [0.4, 0.5) is 0 Å². The minimum absolute atomic E-state index is 0.373. The molecule has 0 aliphatic heterocycles. The van der Waals surface area contributed by atoms with E-state index >= 15 is 0 Å². The maximum atomic E-state index is 10.1. The fourth-order valence-electron chi connectivity index (χ4n) is 2.89. The third-order valence-electron chi connectivity index (χ3n) is 3.73. The number of nitrogens with zero attached hydrogens (tertiary/aromatic N) is 4. The predicted molar refractivity (Wildman–Crippen MR) is 89.0 cm³/mol. The fraction of sp³-hybridized carbons (Fsp3) is 0.500. The van der Waals surface area contributed by atoms with Gasteiger partial charge in [-0.1, -0.05) is 39.0 Å².